The molecule has 0 radical (unpaired) electrons. The number of aryl methyl sites for hydroxylation is 3. The van der Waals surface area contributed by atoms with E-state index in [4.69, 9.17) is 15.8 Å². The van der Waals surface area contributed by atoms with Crippen molar-refractivity contribution in [2.24, 2.45) is 5.73 Å². The van der Waals surface area contributed by atoms with Gasteiger partial charge in [-0.2, -0.15) is 0 Å². The molecule has 4 N–H and O–H groups in total. The Hall–Kier alpha value is -4.14. The topological polar surface area (TPSA) is 125 Å². The quantitative estimate of drug-likeness (QED) is 0.458. The maximum absolute atomic E-state index is 11.4. The number of carbonyl (C=O) groups excluding carboxylic acids is 1. The fourth-order valence-corrected chi connectivity index (χ4v) is 4.25. The molecule has 2 heterocycles. The minimum absolute atomic E-state index is 0.233. The standard InChI is InChI=1S/C26H30N6O3/c1-18-17-28-25(30-23(18)11-6-19-4-2-3-5-20(19)16-24(27)33)29-21-7-9-22(10-8-21)31-12-14-32(15-13-31)26(34)35/h2-5,7-10,17H,6,11-16H2,1H3,(H2,27,33)(H,34,35)(H,28,29,30). The highest BCUT2D eigenvalue weighted by Gasteiger charge is 2.20. The molecule has 9 nitrogen and oxygen atoms in total. The minimum Gasteiger partial charge on any atom is -0.465 e. The number of nitrogens with one attached hydrogen (secondary N) is 1. The lowest BCUT2D eigenvalue weighted by Crippen LogP contribution is -2.48. The van der Waals surface area contributed by atoms with Crippen LogP contribution in [0, 0.1) is 6.92 Å². The second-order valence-electron chi connectivity index (χ2n) is 8.66. The van der Waals surface area contributed by atoms with E-state index in [-0.39, 0.29) is 12.3 Å². The molecule has 1 fully saturated rings. The number of hydrogen-bond donors (Lipinski definition) is 3. The van der Waals surface area contributed by atoms with Crippen molar-refractivity contribution in [3.8, 4) is 0 Å². The third-order valence-electron chi connectivity index (χ3n) is 6.23. The van der Waals surface area contributed by atoms with E-state index in [2.05, 4.69) is 15.2 Å². The number of anilines is 3. The number of carboxylic acid groups (broad SMARTS) is 1. The molecule has 1 aliphatic rings. The van der Waals surface area contributed by atoms with Crippen LogP contribution in [0.15, 0.2) is 54.7 Å². The van der Waals surface area contributed by atoms with Crippen molar-refractivity contribution in [2.45, 2.75) is 26.2 Å². The van der Waals surface area contributed by atoms with E-state index >= 15 is 0 Å². The molecule has 1 saturated heterocycles. The summed E-state index contributed by atoms with van der Waals surface area (Å²) in [5.41, 5.74) is 11.3. The van der Waals surface area contributed by atoms with Crippen molar-refractivity contribution < 1.29 is 14.7 Å². The van der Waals surface area contributed by atoms with E-state index in [1.807, 2.05) is 61.7 Å². The van der Waals surface area contributed by atoms with Crippen LogP contribution in [-0.4, -0.2) is 58.2 Å². The number of primary amides is 1. The Labute approximate surface area is 204 Å². The van der Waals surface area contributed by atoms with Crippen molar-refractivity contribution in [1.82, 2.24) is 14.9 Å². The first kappa shape index (κ1) is 24.0. The molecule has 2 amide bonds. The van der Waals surface area contributed by atoms with Gasteiger partial charge in [-0.15, -0.1) is 0 Å². The molecule has 4 rings (SSSR count). The van der Waals surface area contributed by atoms with Crippen LogP contribution in [0.5, 0.6) is 0 Å². The second kappa shape index (κ2) is 10.9. The summed E-state index contributed by atoms with van der Waals surface area (Å²) in [5, 5.41) is 12.4. The summed E-state index contributed by atoms with van der Waals surface area (Å²) < 4.78 is 0. The monoisotopic (exact) mass is 474 g/mol. The van der Waals surface area contributed by atoms with Crippen LogP contribution in [0.2, 0.25) is 0 Å². The predicted molar refractivity (Wildman–Crippen MR) is 135 cm³/mol. The summed E-state index contributed by atoms with van der Waals surface area (Å²) in [4.78, 5) is 35.3. The summed E-state index contributed by atoms with van der Waals surface area (Å²) in [6.07, 6.45) is 2.66. The molecule has 0 bridgehead atoms. The molecule has 35 heavy (non-hydrogen) atoms. The molecular weight excluding hydrogens is 444 g/mol. The molecule has 3 aromatic rings. The van der Waals surface area contributed by atoms with Crippen molar-refractivity contribution in [3.63, 3.8) is 0 Å². The van der Waals surface area contributed by atoms with Gasteiger partial charge in [0.15, 0.2) is 0 Å². The van der Waals surface area contributed by atoms with Gasteiger partial charge < -0.3 is 26.0 Å². The Bertz CT molecular complexity index is 1190. The lowest BCUT2D eigenvalue weighted by Gasteiger charge is -2.34. The first-order valence-corrected chi connectivity index (χ1v) is 11.7. The van der Waals surface area contributed by atoms with Gasteiger partial charge in [-0.05, 0) is 60.7 Å². The normalized spacial score (nSPS) is 13.5. The number of piperazine rings is 1. The van der Waals surface area contributed by atoms with E-state index in [0.29, 0.717) is 32.1 Å². The summed E-state index contributed by atoms with van der Waals surface area (Å²) in [6, 6.07) is 15.8. The van der Waals surface area contributed by atoms with Gasteiger partial charge >= 0.3 is 6.09 Å². The van der Waals surface area contributed by atoms with Crippen LogP contribution >= 0.6 is 0 Å². The van der Waals surface area contributed by atoms with Gasteiger partial charge in [0.25, 0.3) is 0 Å². The third-order valence-corrected chi connectivity index (χ3v) is 6.23. The van der Waals surface area contributed by atoms with E-state index in [1.165, 1.54) is 4.90 Å². The highest BCUT2D eigenvalue weighted by atomic mass is 16.4. The molecule has 0 saturated carbocycles. The van der Waals surface area contributed by atoms with Crippen LogP contribution in [0.1, 0.15) is 22.4 Å². The first-order chi connectivity index (χ1) is 16.9. The molecule has 9 heteroatoms. The Kier molecular flexibility index (Phi) is 7.45. The molecular formula is C26H30N6O3. The summed E-state index contributed by atoms with van der Waals surface area (Å²) in [6.45, 7) is 4.34. The van der Waals surface area contributed by atoms with Crippen LogP contribution in [-0.2, 0) is 24.1 Å². The number of nitrogens with zero attached hydrogens (tertiary/aromatic N) is 4. The fraction of sp³-hybridized carbons (Fsp3) is 0.308. The predicted octanol–water partition coefficient (Wildman–Crippen LogP) is 3.14. The van der Waals surface area contributed by atoms with Gasteiger partial charge in [-0.25, -0.2) is 14.8 Å². The number of amides is 2. The zero-order chi connectivity index (χ0) is 24.8. The van der Waals surface area contributed by atoms with Crippen molar-refractivity contribution in [2.75, 3.05) is 36.4 Å². The molecule has 1 aliphatic heterocycles. The molecule has 0 atom stereocenters. The van der Waals surface area contributed by atoms with E-state index in [0.717, 1.165) is 46.6 Å². The molecule has 2 aromatic carbocycles. The average Bonchev–Trinajstić information content (AvgIpc) is 2.85. The lowest BCUT2D eigenvalue weighted by atomic mass is 9.98. The Balaban J connectivity index is 1.39. The van der Waals surface area contributed by atoms with E-state index < -0.39 is 6.09 Å². The number of benzene rings is 2. The highest BCUT2D eigenvalue weighted by Crippen LogP contribution is 2.22. The number of carbonyl (C=O) groups is 2. The molecule has 0 unspecified atom stereocenters. The maximum Gasteiger partial charge on any atom is 0.407 e. The largest absolute Gasteiger partial charge is 0.465 e. The number of rotatable bonds is 8. The summed E-state index contributed by atoms with van der Waals surface area (Å²) >= 11 is 0. The average molecular weight is 475 g/mol. The van der Waals surface area contributed by atoms with Gasteiger partial charge in [0.2, 0.25) is 11.9 Å². The second-order valence-corrected chi connectivity index (χ2v) is 8.66. The number of aromatic nitrogens is 2. The summed E-state index contributed by atoms with van der Waals surface area (Å²) in [7, 11) is 0. The number of nitrogens with two attached hydrogens (primary N) is 1. The third kappa shape index (κ3) is 6.26. The molecule has 0 spiro atoms. The van der Waals surface area contributed by atoms with Crippen LogP contribution in [0.4, 0.5) is 22.1 Å². The minimum atomic E-state index is -0.864. The molecule has 182 valence electrons. The molecule has 1 aromatic heterocycles. The maximum atomic E-state index is 11.4. The summed E-state index contributed by atoms with van der Waals surface area (Å²) in [5.74, 6) is 0.189. The first-order valence-electron chi connectivity index (χ1n) is 11.7. The Morgan fingerprint density at radius 2 is 1.69 bits per heavy atom. The van der Waals surface area contributed by atoms with Gasteiger partial charge in [-0.1, -0.05) is 24.3 Å². The van der Waals surface area contributed by atoms with Crippen LogP contribution in [0.3, 0.4) is 0 Å². The Morgan fingerprint density at radius 1 is 1.00 bits per heavy atom. The van der Waals surface area contributed by atoms with Gasteiger partial charge in [0, 0.05) is 49.4 Å². The Morgan fingerprint density at radius 3 is 2.34 bits per heavy atom. The zero-order valence-corrected chi connectivity index (χ0v) is 19.8. The van der Waals surface area contributed by atoms with Crippen molar-refractivity contribution >= 4 is 29.3 Å². The van der Waals surface area contributed by atoms with Crippen molar-refractivity contribution in [1.29, 1.82) is 0 Å². The lowest BCUT2D eigenvalue weighted by molar-refractivity contribution is -0.117. The van der Waals surface area contributed by atoms with Gasteiger partial charge in [-0.3, -0.25) is 4.79 Å². The SMILES string of the molecule is Cc1cnc(Nc2ccc(N3CCN(C(=O)O)CC3)cc2)nc1CCc1ccccc1CC(N)=O. The van der Waals surface area contributed by atoms with Gasteiger partial charge in [0.05, 0.1) is 6.42 Å². The van der Waals surface area contributed by atoms with Gasteiger partial charge in [0.1, 0.15) is 0 Å². The van der Waals surface area contributed by atoms with Crippen molar-refractivity contribution in [3.05, 3.63) is 77.1 Å². The van der Waals surface area contributed by atoms with E-state index in [1.54, 1.807) is 0 Å². The highest BCUT2D eigenvalue weighted by molar-refractivity contribution is 5.77. The fourth-order valence-electron chi connectivity index (χ4n) is 4.25. The smallest absolute Gasteiger partial charge is 0.407 e. The van der Waals surface area contributed by atoms with Crippen LogP contribution in [0.25, 0.3) is 0 Å². The number of hydrogen-bond acceptors (Lipinski definition) is 6. The van der Waals surface area contributed by atoms with E-state index in [9.17, 15) is 9.59 Å². The molecule has 0 aliphatic carbocycles. The zero-order valence-electron chi connectivity index (χ0n) is 19.8. The van der Waals surface area contributed by atoms with Crippen LogP contribution < -0.4 is 16.0 Å².